The molecule has 2 bridgehead atoms. The standard InChI is InChI=1S/C22H29N5O3.2ClH/c1-2-26(11-8-17-24-14-5-3-4-6-15(14)25-17)20(28)18-16-7-9-22(30-16)13-27(12-10-23)21(29)19(18)22;;/h3-6,16,18-19H,2,7-13,23H2,1H3,(H,24,25);2*1H/t16-,18-,19+,22-;;/m0../s1. The van der Waals surface area contributed by atoms with E-state index in [0.717, 1.165) is 29.7 Å². The largest absolute Gasteiger partial charge is 0.368 e. The third-order valence-corrected chi connectivity index (χ3v) is 7.04. The van der Waals surface area contributed by atoms with Crippen LogP contribution in [0.1, 0.15) is 25.6 Å². The van der Waals surface area contributed by atoms with Crippen LogP contribution in [-0.4, -0.2) is 76.0 Å². The molecule has 0 aliphatic carbocycles. The number of nitrogens with one attached hydrogen (secondary N) is 1. The smallest absolute Gasteiger partial charge is 0.229 e. The lowest BCUT2D eigenvalue weighted by Gasteiger charge is -2.31. The monoisotopic (exact) mass is 483 g/mol. The molecule has 3 aliphatic heterocycles. The minimum absolute atomic E-state index is 0. The van der Waals surface area contributed by atoms with Gasteiger partial charge in [-0.05, 0) is 31.9 Å². The summed E-state index contributed by atoms with van der Waals surface area (Å²) in [5.41, 5.74) is 7.13. The third kappa shape index (κ3) is 3.87. The second kappa shape index (κ2) is 9.55. The number of benzene rings is 1. The van der Waals surface area contributed by atoms with Crippen LogP contribution in [0.15, 0.2) is 24.3 Å². The van der Waals surface area contributed by atoms with Crippen LogP contribution in [0, 0.1) is 11.8 Å². The molecule has 10 heteroatoms. The zero-order valence-electron chi connectivity index (χ0n) is 18.2. The Labute approximate surface area is 200 Å². The lowest BCUT2D eigenvalue weighted by Crippen LogP contribution is -2.47. The van der Waals surface area contributed by atoms with E-state index in [-0.39, 0.29) is 54.6 Å². The second-order valence-electron chi connectivity index (χ2n) is 8.68. The minimum Gasteiger partial charge on any atom is -0.368 e. The molecule has 176 valence electrons. The van der Waals surface area contributed by atoms with Gasteiger partial charge in [-0.25, -0.2) is 4.98 Å². The van der Waals surface area contributed by atoms with Crippen molar-refractivity contribution < 1.29 is 14.3 Å². The summed E-state index contributed by atoms with van der Waals surface area (Å²) < 4.78 is 6.29. The highest BCUT2D eigenvalue weighted by Crippen LogP contribution is 2.55. The van der Waals surface area contributed by atoms with Gasteiger partial charge in [-0.1, -0.05) is 12.1 Å². The number of rotatable bonds is 7. The van der Waals surface area contributed by atoms with Gasteiger partial charge >= 0.3 is 0 Å². The van der Waals surface area contributed by atoms with Crippen molar-refractivity contribution >= 4 is 47.7 Å². The number of H-pyrrole nitrogens is 1. The molecule has 0 radical (unpaired) electrons. The molecule has 0 saturated carbocycles. The van der Waals surface area contributed by atoms with E-state index in [9.17, 15) is 9.59 Å². The first-order chi connectivity index (χ1) is 14.6. The number of likely N-dealkylation sites (N-methyl/N-ethyl adjacent to an activating group) is 1. The Morgan fingerprint density at radius 1 is 1.38 bits per heavy atom. The molecule has 5 rings (SSSR count). The van der Waals surface area contributed by atoms with E-state index in [1.54, 1.807) is 4.90 Å². The summed E-state index contributed by atoms with van der Waals surface area (Å²) in [6.45, 7) is 4.67. The number of hydrogen-bond acceptors (Lipinski definition) is 5. The van der Waals surface area contributed by atoms with Crippen LogP contribution in [0.25, 0.3) is 11.0 Å². The molecule has 2 aromatic rings. The van der Waals surface area contributed by atoms with Crippen molar-refractivity contribution in [2.45, 2.75) is 37.9 Å². The van der Waals surface area contributed by atoms with Crippen molar-refractivity contribution in [3.8, 4) is 0 Å². The number of aromatic nitrogens is 2. The van der Waals surface area contributed by atoms with E-state index in [4.69, 9.17) is 10.5 Å². The number of imidazole rings is 1. The number of nitrogens with zero attached hydrogens (tertiary/aromatic N) is 3. The summed E-state index contributed by atoms with van der Waals surface area (Å²) in [6.07, 6.45) is 2.20. The molecule has 3 aliphatic rings. The lowest BCUT2D eigenvalue weighted by atomic mass is 9.72. The van der Waals surface area contributed by atoms with Gasteiger partial charge in [0.05, 0.1) is 41.1 Å². The molecule has 4 heterocycles. The first-order valence-corrected chi connectivity index (χ1v) is 11.0. The number of halogens is 2. The Kier molecular flexibility index (Phi) is 7.39. The highest BCUT2D eigenvalue weighted by molar-refractivity contribution is 5.92. The van der Waals surface area contributed by atoms with Crippen LogP contribution in [0.3, 0.4) is 0 Å². The second-order valence-corrected chi connectivity index (χ2v) is 8.68. The maximum atomic E-state index is 13.5. The van der Waals surface area contributed by atoms with Crippen molar-refractivity contribution in [3.05, 3.63) is 30.1 Å². The van der Waals surface area contributed by atoms with E-state index >= 15 is 0 Å². The van der Waals surface area contributed by atoms with Crippen LogP contribution < -0.4 is 5.73 Å². The predicted octanol–water partition coefficient (Wildman–Crippen LogP) is 1.76. The molecule has 3 saturated heterocycles. The lowest BCUT2D eigenvalue weighted by molar-refractivity contribution is -0.144. The van der Waals surface area contributed by atoms with Crippen LogP contribution in [-0.2, 0) is 20.7 Å². The number of amides is 2. The maximum absolute atomic E-state index is 13.5. The summed E-state index contributed by atoms with van der Waals surface area (Å²) in [6, 6.07) is 7.92. The summed E-state index contributed by atoms with van der Waals surface area (Å²) in [7, 11) is 0. The number of ether oxygens (including phenoxy) is 1. The number of aromatic amines is 1. The van der Waals surface area contributed by atoms with Crippen molar-refractivity contribution in [3.63, 3.8) is 0 Å². The number of fused-ring (bicyclic) bond motifs is 2. The van der Waals surface area contributed by atoms with Gasteiger partial charge in [-0.15, -0.1) is 24.8 Å². The van der Waals surface area contributed by atoms with E-state index in [1.807, 2.05) is 36.1 Å². The van der Waals surface area contributed by atoms with Gasteiger partial charge in [0.2, 0.25) is 11.8 Å². The fourth-order valence-electron chi connectivity index (χ4n) is 5.67. The van der Waals surface area contributed by atoms with E-state index in [0.29, 0.717) is 39.1 Å². The molecule has 0 unspecified atom stereocenters. The molecule has 32 heavy (non-hydrogen) atoms. The van der Waals surface area contributed by atoms with E-state index in [2.05, 4.69) is 9.97 Å². The van der Waals surface area contributed by atoms with Crippen molar-refractivity contribution in [1.29, 1.82) is 0 Å². The number of carbonyl (C=O) groups is 2. The Balaban J connectivity index is 0.00000144. The molecule has 3 N–H and O–H groups in total. The van der Waals surface area contributed by atoms with E-state index in [1.165, 1.54) is 0 Å². The number of para-hydroxylation sites is 2. The van der Waals surface area contributed by atoms with E-state index < -0.39 is 5.60 Å². The summed E-state index contributed by atoms with van der Waals surface area (Å²) in [5, 5.41) is 0. The summed E-state index contributed by atoms with van der Waals surface area (Å²) in [5.74, 6) is 0.192. The molecule has 4 atom stereocenters. The summed E-state index contributed by atoms with van der Waals surface area (Å²) >= 11 is 0. The number of likely N-dealkylation sites (tertiary alicyclic amines) is 1. The zero-order chi connectivity index (χ0) is 20.9. The zero-order valence-corrected chi connectivity index (χ0v) is 19.8. The normalized spacial score (nSPS) is 27.9. The van der Waals surface area contributed by atoms with Crippen molar-refractivity contribution in [2.75, 3.05) is 32.7 Å². The van der Waals surface area contributed by atoms with Crippen LogP contribution in [0.2, 0.25) is 0 Å². The van der Waals surface area contributed by atoms with Crippen LogP contribution >= 0.6 is 24.8 Å². The summed E-state index contributed by atoms with van der Waals surface area (Å²) in [4.78, 5) is 38.2. The highest BCUT2D eigenvalue weighted by Gasteiger charge is 2.68. The van der Waals surface area contributed by atoms with Gasteiger partial charge in [0.1, 0.15) is 5.82 Å². The quantitative estimate of drug-likeness (QED) is 0.624. The van der Waals surface area contributed by atoms with Crippen molar-refractivity contribution in [1.82, 2.24) is 19.8 Å². The topological polar surface area (TPSA) is 105 Å². The average Bonchev–Trinajstić information content (AvgIpc) is 3.48. The highest BCUT2D eigenvalue weighted by atomic mass is 35.5. The Morgan fingerprint density at radius 3 is 2.88 bits per heavy atom. The Hall–Kier alpha value is -1.87. The Bertz CT molecular complexity index is 952. The van der Waals surface area contributed by atoms with Gasteiger partial charge in [0.25, 0.3) is 0 Å². The number of hydrogen-bond donors (Lipinski definition) is 2. The van der Waals surface area contributed by atoms with Gasteiger partial charge in [0, 0.05) is 32.6 Å². The number of nitrogens with two attached hydrogens (primary N) is 1. The molecule has 8 nitrogen and oxygen atoms in total. The fraction of sp³-hybridized carbons (Fsp3) is 0.591. The first-order valence-electron chi connectivity index (χ1n) is 11.0. The van der Waals surface area contributed by atoms with Crippen LogP contribution in [0.4, 0.5) is 0 Å². The van der Waals surface area contributed by atoms with Gasteiger partial charge in [-0.2, -0.15) is 0 Å². The third-order valence-electron chi connectivity index (χ3n) is 7.04. The molecule has 1 aromatic heterocycles. The molecule has 2 amide bonds. The molecule has 3 fully saturated rings. The minimum atomic E-state index is -0.491. The fourth-order valence-corrected chi connectivity index (χ4v) is 5.67. The molecular weight excluding hydrogens is 453 g/mol. The van der Waals surface area contributed by atoms with Gasteiger partial charge in [-0.3, -0.25) is 9.59 Å². The Morgan fingerprint density at radius 2 is 2.16 bits per heavy atom. The molecule has 1 aromatic carbocycles. The van der Waals surface area contributed by atoms with Gasteiger partial charge < -0.3 is 25.3 Å². The maximum Gasteiger partial charge on any atom is 0.229 e. The predicted molar refractivity (Wildman–Crippen MR) is 126 cm³/mol. The first kappa shape index (κ1) is 24.8. The van der Waals surface area contributed by atoms with Gasteiger partial charge in [0.15, 0.2) is 0 Å². The molecular formula is C22H31Cl2N5O3. The molecule has 1 spiro atoms. The van der Waals surface area contributed by atoms with Crippen molar-refractivity contribution in [2.24, 2.45) is 17.6 Å². The van der Waals surface area contributed by atoms with Crippen LogP contribution in [0.5, 0.6) is 0 Å². The average molecular weight is 484 g/mol. The number of carbonyl (C=O) groups excluding carboxylic acids is 2. The SMILES string of the molecule is CCN(CCc1nc2ccccc2[nH]1)C(=O)[C@H]1[C@@H]2CC[C@@]3(CN(CCN)C(=O)[C@@H]13)O2.Cl.Cl.